The summed E-state index contributed by atoms with van der Waals surface area (Å²) in [7, 11) is 0. The van der Waals surface area contributed by atoms with Crippen LogP contribution in [0, 0.1) is 12.8 Å². The van der Waals surface area contributed by atoms with Gasteiger partial charge in [-0.05, 0) is 44.7 Å². The molecule has 1 heterocycles. The number of likely N-dealkylation sites (tertiary alicyclic amines) is 1. The Kier molecular flexibility index (Phi) is 4.41. The lowest BCUT2D eigenvalue weighted by molar-refractivity contribution is 0.116. The van der Waals surface area contributed by atoms with Gasteiger partial charge in [-0.3, -0.25) is 4.90 Å². The highest BCUT2D eigenvalue weighted by Gasteiger charge is 2.27. The minimum absolute atomic E-state index is 0.179. The van der Waals surface area contributed by atoms with Crippen molar-refractivity contribution >= 4 is 0 Å². The third-order valence-electron chi connectivity index (χ3n) is 4.00. The zero-order valence-electron chi connectivity index (χ0n) is 11.9. The molecule has 0 amide bonds. The van der Waals surface area contributed by atoms with Gasteiger partial charge in [0.25, 0.3) is 0 Å². The molecule has 0 aromatic heterocycles. The Hall–Kier alpha value is -0.860. The molecule has 2 rings (SSSR count). The van der Waals surface area contributed by atoms with Crippen LogP contribution in [0.5, 0.6) is 0 Å². The van der Waals surface area contributed by atoms with Gasteiger partial charge >= 0.3 is 0 Å². The van der Waals surface area contributed by atoms with Crippen LogP contribution in [0.25, 0.3) is 0 Å². The second-order valence-corrected chi connectivity index (χ2v) is 5.96. The predicted octanol–water partition coefficient (Wildman–Crippen LogP) is 3.12. The number of aryl methyl sites for hydroxylation is 1. The minimum atomic E-state index is 0.179. The quantitative estimate of drug-likeness (QED) is 0.888. The first-order valence-corrected chi connectivity index (χ1v) is 7.14. The van der Waals surface area contributed by atoms with E-state index in [1.807, 2.05) is 0 Å². The number of nitrogens with two attached hydrogens (primary N) is 1. The lowest BCUT2D eigenvalue weighted by Crippen LogP contribution is -2.44. The van der Waals surface area contributed by atoms with Crippen LogP contribution < -0.4 is 5.73 Å². The molecule has 1 aliphatic rings. The standard InChI is InChI=1S/C16H26N2/c1-12-6-8-15(9-7-12)16(14(3)17)18-10-4-5-13(2)11-18/h6-9,13-14,16H,4-5,10-11,17H2,1-3H3. The van der Waals surface area contributed by atoms with Gasteiger partial charge in [0.1, 0.15) is 0 Å². The maximum Gasteiger partial charge on any atom is 0.0496 e. The number of hydrogen-bond donors (Lipinski definition) is 1. The average molecular weight is 246 g/mol. The predicted molar refractivity (Wildman–Crippen MR) is 77.5 cm³/mol. The third-order valence-corrected chi connectivity index (χ3v) is 4.00. The minimum Gasteiger partial charge on any atom is -0.326 e. The van der Waals surface area contributed by atoms with Crippen molar-refractivity contribution in [2.75, 3.05) is 13.1 Å². The van der Waals surface area contributed by atoms with Crippen molar-refractivity contribution in [3.05, 3.63) is 35.4 Å². The Bertz CT molecular complexity index is 369. The van der Waals surface area contributed by atoms with Gasteiger partial charge in [-0.15, -0.1) is 0 Å². The smallest absolute Gasteiger partial charge is 0.0496 e. The van der Waals surface area contributed by atoms with Gasteiger partial charge in [-0.2, -0.15) is 0 Å². The first-order chi connectivity index (χ1) is 8.58. The summed E-state index contributed by atoms with van der Waals surface area (Å²) in [6.45, 7) is 8.97. The van der Waals surface area contributed by atoms with E-state index in [9.17, 15) is 0 Å². The molecule has 2 N–H and O–H groups in total. The molecule has 2 heteroatoms. The Morgan fingerprint density at radius 2 is 1.94 bits per heavy atom. The number of hydrogen-bond acceptors (Lipinski definition) is 2. The van der Waals surface area contributed by atoms with E-state index in [4.69, 9.17) is 5.73 Å². The number of nitrogens with zero attached hydrogens (tertiary/aromatic N) is 1. The largest absolute Gasteiger partial charge is 0.326 e. The average Bonchev–Trinajstić information content (AvgIpc) is 2.32. The first-order valence-electron chi connectivity index (χ1n) is 7.14. The lowest BCUT2D eigenvalue weighted by Gasteiger charge is -2.39. The molecule has 1 aliphatic heterocycles. The zero-order chi connectivity index (χ0) is 13.1. The van der Waals surface area contributed by atoms with E-state index in [0.29, 0.717) is 6.04 Å². The molecule has 1 saturated heterocycles. The van der Waals surface area contributed by atoms with E-state index in [0.717, 1.165) is 5.92 Å². The van der Waals surface area contributed by atoms with E-state index >= 15 is 0 Å². The maximum atomic E-state index is 6.24. The summed E-state index contributed by atoms with van der Waals surface area (Å²) in [6.07, 6.45) is 2.66. The highest BCUT2D eigenvalue weighted by molar-refractivity contribution is 5.25. The van der Waals surface area contributed by atoms with Gasteiger partial charge in [-0.25, -0.2) is 0 Å². The molecule has 3 atom stereocenters. The molecule has 1 aromatic rings. The highest BCUT2D eigenvalue weighted by atomic mass is 15.2. The molecule has 1 aromatic carbocycles. The van der Waals surface area contributed by atoms with E-state index < -0.39 is 0 Å². The van der Waals surface area contributed by atoms with Crippen LogP contribution in [0.4, 0.5) is 0 Å². The fourth-order valence-electron chi connectivity index (χ4n) is 3.09. The fourth-order valence-corrected chi connectivity index (χ4v) is 3.09. The second-order valence-electron chi connectivity index (χ2n) is 5.96. The molecule has 1 fully saturated rings. The molecule has 18 heavy (non-hydrogen) atoms. The van der Waals surface area contributed by atoms with Gasteiger partial charge in [0.2, 0.25) is 0 Å². The molecular weight excluding hydrogens is 220 g/mol. The van der Waals surface area contributed by atoms with E-state index in [-0.39, 0.29) is 6.04 Å². The van der Waals surface area contributed by atoms with Crippen LogP contribution in [0.3, 0.4) is 0 Å². The van der Waals surface area contributed by atoms with Crippen LogP contribution in [0.15, 0.2) is 24.3 Å². The van der Waals surface area contributed by atoms with Crippen molar-refractivity contribution in [3.63, 3.8) is 0 Å². The Labute approximate surface area is 111 Å². The molecular formula is C16H26N2. The maximum absolute atomic E-state index is 6.24. The topological polar surface area (TPSA) is 29.3 Å². The fraction of sp³-hybridized carbons (Fsp3) is 0.625. The molecule has 2 nitrogen and oxygen atoms in total. The summed E-state index contributed by atoms with van der Waals surface area (Å²) in [4.78, 5) is 2.57. The number of piperidine rings is 1. The van der Waals surface area contributed by atoms with Crippen LogP contribution in [-0.2, 0) is 0 Å². The summed E-state index contributed by atoms with van der Waals surface area (Å²) in [5.41, 5.74) is 8.92. The third kappa shape index (κ3) is 3.12. The van der Waals surface area contributed by atoms with Crippen molar-refractivity contribution in [2.45, 2.75) is 45.7 Å². The van der Waals surface area contributed by atoms with E-state index in [2.05, 4.69) is 49.9 Å². The molecule has 0 radical (unpaired) electrons. The Morgan fingerprint density at radius 3 is 2.50 bits per heavy atom. The molecule has 0 saturated carbocycles. The zero-order valence-corrected chi connectivity index (χ0v) is 11.9. The summed E-state index contributed by atoms with van der Waals surface area (Å²) in [5, 5.41) is 0. The monoisotopic (exact) mass is 246 g/mol. The van der Waals surface area contributed by atoms with Crippen molar-refractivity contribution < 1.29 is 0 Å². The first kappa shape index (κ1) is 13.6. The molecule has 0 spiro atoms. The SMILES string of the molecule is Cc1ccc(C(C(C)N)N2CCCC(C)C2)cc1. The van der Waals surface area contributed by atoms with Crippen LogP contribution in [0.1, 0.15) is 43.9 Å². The van der Waals surface area contributed by atoms with Crippen molar-refractivity contribution in [3.8, 4) is 0 Å². The molecule has 100 valence electrons. The summed E-state index contributed by atoms with van der Waals surface area (Å²) < 4.78 is 0. The van der Waals surface area contributed by atoms with Crippen molar-refractivity contribution in [2.24, 2.45) is 11.7 Å². The summed E-state index contributed by atoms with van der Waals surface area (Å²) in [5.74, 6) is 0.797. The van der Waals surface area contributed by atoms with Gasteiger partial charge < -0.3 is 5.73 Å². The number of rotatable bonds is 3. The van der Waals surface area contributed by atoms with E-state index in [1.165, 1.54) is 37.1 Å². The normalized spacial score (nSPS) is 24.8. The van der Waals surface area contributed by atoms with Crippen molar-refractivity contribution in [1.29, 1.82) is 0 Å². The van der Waals surface area contributed by atoms with Gasteiger partial charge in [-0.1, -0.05) is 36.8 Å². The van der Waals surface area contributed by atoms with Crippen LogP contribution >= 0.6 is 0 Å². The Balaban J connectivity index is 2.19. The van der Waals surface area contributed by atoms with E-state index in [1.54, 1.807) is 0 Å². The lowest BCUT2D eigenvalue weighted by atomic mass is 9.93. The van der Waals surface area contributed by atoms with Gasteiger partial charge in [0, 0.05) is 18.6 Å². The van der Waals surface area contributed by atoms with Crippen LogP contribution in [-0.4, -0.2) is 24.0 Å². The van der Waals surface area contributed by atoms with Crippen LogP contribution in [0.2, 0.25) is 0 Å². The highest BCUT2D eigenvalue weighted by Crippen LogP contribution is 2.28. The number of benzene rings is 1. The molecule has 0 aliphatic carbocycles. The van der Waals surface area contributed by atoms with Gasteiger partial charge in [0.05, 0.1) is 0 Å². The Morgan fingerprint density at radius 1 is 1.28 bits per heavy atom. The summed E-state index contributed by atoms with van der Waals surface area (Å²) >= 11 is 0. The summed E-state index contributed by atoms with van der Waals surface area (Å²) in [6, 6.07) is 9.41. The second kappa shape index (κ2) is 5.85. The molecule has 3 unspecified atom stereocenters. The van der Waals surface area contributed by atoms with Gasteiger partial charge in [0.15, 0.2) is 0 Å². The molecule has 0 bridgehead atoms. The van der Waals surface area contributed by atoms with Crippen molar-refractivity contribution in [1.82, 2.24) is 4.90 Å².